The van der Waals surface area contributed by atoms with Crippen molar-refractivity contribution in [1.82, 2.24) is 0 Å². The van der Waals surface area contributed by atoms with E-state index in [2.05, 4.69) is 0 Å². The first-order valence-electron chi connectivity index (χ1n) is 1.64. The van der Waals surface area contributed by atoms with Crippen LogP contribution in [-0.2, 0) is 0 Å². The van der Waals surface area contributed by atoms with Crippen LogP contribution >= 0.6 is 0 Å². The minimum absolute atomic E-state index is 0. The third-order valence-electron chi connectivity index (χ3n) is 0. The summed E-state index contributed by atoms with van der Waals surface area (Å²) in [6.45, 7) is 0. The molecule has 0 amide bonds. The first-order chi connectivity index (χ1) is 5.20. The van der Waals surface area contributed by atoms with Crippen LogP contribution in [-0.4, -0.2) is 26.2 Å². The van der Waals surface area contributed by atoms with E-state index in [9.17, 15) is 0 Å². The zero-order valence-corrected chi connectivity index (χ0v) is 9.66. The molecule has 0 aliphatic heterocycles. The molecule has 15 heteroatoms. The summed E-state index contributed by atoms with van der Waals surface area (Å²) in [4.78, 5) is 24.8. The molecule has 0 heterocycles. The third kappa shape index (κ3) is 1260. The van der Waals surface area contributed by atoms with Gasteiger partial charge in [-0.2, -0.15) is 0 Å². The van der Waals surface area contributed by atoms with Gasteiger partial charge in [0.15, 0.2) is 0 Å². The van der Waals surface area contributed by atoms with Gasteiger partial charge in [0.2, 0.25) is 0 Å². The minimum atomic E-state index is -1.75. The Kier molecular flexibility index (Phi) is 72.3. The molecule has 0 fully saturated rings. The Morgan fingerprint density at radius 1 is 0.533 bits per heavy atom. The summed E-state index contributed by atoms with van der Waals surface area (Å²) in [6.07, 6.45) is 0. The van der Waals surface area contributed by atoms with Gasteiger partial charge in [-0.05, 0) is 0 Å². The molecule has 0 saturated carbocycles. The standard InChI is InChI=1S/Ce.3NO3.2H2O/c;3*2-1(3)4;;/h;;;;2*1H2/q+3;3*-1;;. The quantitative estimate of drug-likeness (QED) is 0.328. The van der Waals surface area contributed by atoms with Crippen LogP contribution < -0.4 is 0 Å². The first kappa shape index (κ1) is 37.1. The van der Waals surface area contributed by atoms with Crippen molar-refractivity contribution in [3.05, 3.63) is 46.0 Å². The van der Waals surface area contributed by atoms with Gasteiger partial charge in [0.25, 0.3) is 0 Å². The molecule has 0 saturated heterocycles. The van der Waals surface area contributed by atoms with Crippen LogP contribution in [0.5, 0.6) is 0 Å². The Morgan fingerprint density at radius 2 is 0.533 bits per heavy atom. The molecule has 14 nitrogen and oxygen atoms in total. The zero-order valence-electron chi connectivity index (χ0n) is 6.52. The predicted octanol–water partition coefficient (Wildman–Crippen LogP) is -2.37. The fourth-order valence-electron chi connectivity index (χ4n) is 0. The topological polar surface area (TPSA) is 262 Å². The maximum atomic E-state index is 8.25. The van der Waals surface area contributed by atoms with Gasteiger partial charge in [0, 0.05) is 0 Å². The maximum absolute atomic E-state index is 8.25. The van der Waals surface area contributed by atoms with Crippen LogP contribution in [0.3, 0.4) is 0 Å². The summed E-state index contributed by atoms with van der Waals surface area (Å²) < 4.78 is 0. The monoisotopic (exact) mass is 362 g/mol. The molecule has 0 aromatic heterocycles. The van der Waals surface area contributed by atoms with Crippen molar-refractivity contribution in [2.45, 2.75) is 0 Å². The molecular weight excluding hydrogens is 358 g/mol. The Bertz CT molecular complexity index is 113. The maximum Gasteiger partial charge on any atom is 3.00 e. The van der Waals surface area contributed by atoms with Crippen LogP contribution in [0.25, 0.3) is 0 Å². The molecule has 89 valence electrons. The fourth-order valence-corrected chi connectivity index (χ4v) is 0. The summed E-state index contributed by atoms with van der Waals surface area (Å²) in [7, 11) is 0. The van der Waals surface area contributed by atoms with Gasteiger partial charge in [0.05, 0.1) is 15.3 Å². The van der Waals surface area contributed by atoms with Gasteiger partial charge in [0.1, 0.15) is 0 Å². The van der Waals surface area contributed by atoms with Crippen molar-refractivity contribution in [2.75, 3.05) is 0 Å². The van der Waals surface area contributed by atoms with E-state index in [0.717, 1.165) is 0 Å². The van der Waals surface area contributed by atoms with Gasteiger partial charge in [-0.1, -0.05) is 0 Å². The normalized spacial score (nSPS) is 4.80. The van der Waals surface area contributed by atoms with E-state index in [1.165, 1.54) is 0 Å². The summed E-state index contributed by atoms with van der Waals surface area (Å²) in [5.74, 6) is 0. The first-order valence-corrected chi connectivity index (χ1v) is 1.64. The molecule has 0 rings (SSSR count). The van der Waals surface area contributed by atoms with Crippen molar-refractivity contribution in [3.63, 3.8) is 0 Å². The van der Waals surface area contributed by atoms with Gasteiger partial charge < -0.3 is 56.9 Å². The van der Waals surface area contributed by atoms with E-state index in [1.807, 2.05) is 0 Å². The molecule has 0 bridgehead atoms. The molecule has 0 aromatic rings. The molecule has 0 aliphatic rings. The minimum Gasteiger partial charge on any atom is -0.412 e. The Labute approximate surface area is 113 Å². The molecule has 0 spiro atoms. The summed E-state index contributed by atoms with van der Waals surface area (Å²) >= 11 is 0. The third-order valence-corrected chi connectivity index (χ3v) is 0. The van der Waals surface area contributed by atoms with Crippen LogP contribution in [0.2, 0.25) is 0 Å². The smallest absolute Gasteiger partial charge is 0.412 e. The van der Waals surface area contributed by atoms with Crippen molar-refractivity contribution in [2.24, 2.45) is 0 Å². The number of rotatable bonds is 0. The molecule has 0 aromatic carbocycles. The zero-order chi connectivity index (χ0) is 10.7. The van der Waals surface area contributed by atoms with Gasteiger partial charge in [-0.25, -0.2) is 0 Å². The van der Waals surface area contributed by atoms with E-state index in [4.69, 9.17) is 46.0 Å². The molecule has 0 aliphatic carbocycles. The molecular formula is H4CeN3O11. The van der Waals surface area contributed by atoms with E-state index in [-0.39, 0.29) is 52.7 Å². The van der Waals surface area contributed by atoms with Gasteiger partial charge in [-0.3, -0.25) is 0 Å². The number of hydrogen-bond donors (Lipinski definition) is 0. The number of nitrogens with zero attached hydrogens (tertiary/aromatic N) is 3. The average molecular weight is 362 g/mol. The van der Waals surface area contributed by atoms with E-state index >= 15 is 0 Å². The molecule has 0 unspecified atom stereocenters. The van der Waals surface area contributed by atoms with Crippen molar-refractivity contribution in [1.29, 1.82) is 0 Å². The van der Waals surface area contributed by atoms with Crippen LogP contribution in [0.15, 0.2) is 0 Å². The van der Waals surface area contributed by atoms with Crippen LogP contribution in [0.1, 0.15) is 0 Å². The van der Waals surface area contributed by atoms with Crippen molar-refractivity contribution in [3.8, 4) is 0 Å². The summed E-state index contributed by atoms with van der Waals surface area (Å²) in [6, 6.07) is 0. The van der Waals surface area contributed by atoms with Crippen LogP contribution in [0, 0.1) is 87.7 Å². The number of hydrogen-bond acceptors (Lipinski definition) is 9. The molecule has 0 atom stereocenters. The van der Waals surface area contributed by atoms with E-state index in [1.54, 1.807) is 0 Å². The second-order valence-corrected chi connectivity index (χ2v) is 0.671. The molecule has 1 radical (unpaired) electrons. The Balaban J connectivity index is -0.0000000184. The Morgan fingerprint density at radius 3 is 0.533 bits per heavy atom. The second kappa shape index (κ2) is 29.3. The molecule has 4 N–H and O–H groups in total. The Hall–Kier alpha value is -1.10. The predicted molar refractivity (Wildman–Crippen MR) is 38.3 cm³/mol. The van der Waals surface area contributed by atoms with Gasteiger partial charge >= 0.3 is 41.7 Å². The fraction of sp³-hybridized carbons (Fsp3) is 0. The van der Waals surface area contributed by atoms with Gasteiger partial charge in [-0.15, -0.1) is 0 Å². The van der Waals surface area contributed by atoms with E-state index in [0.29, 0.717) is 0 Å². The SMILES string of the molecule is O.O.O=[N+]([O-])[O-].O=[N+]([O-])[O-].O=[N+]([O-])[O-].[Ce+3]. The van der Waals surface area contributed by atoms with E-state index < -0.39 is 15.3 Å². The van der Waals surface area contributed by atoms with Crippen LogP contribution in [0.4, 0.5) is 0 Å². The average Bonchev–Trinajstić information content (AvgIpc) is 1.54. The van der Waals surface area contributed by atoms with Crippen molar-refractivity contribution >= 4 is 0 Å². The largest absolute Gasteiger partial charge is 3.00 e. The molecule has 15 heavy (non-hydrogen) atoms. The van der Waals surface area contributed by atoms with Crippen molar-refractivity contribution < 1.29 is 68.0 Å². The second-order valence-electron chi connectivity index (χ2n) is 0.671. The summed E-state index contributed by atoms with van der Waals surface area (Å²) in [5, 5.41) is 44.2. The summed E-state index contributed by atoms with van der Waals surface area (Å²) in [5.41, 5.74) is 0.